The molecule has 154 valence electrons. The fraction of sp³-hybridized carbons (Fsp3) is 0.320. The molecule has 2 N–H and O–H groups in total. The van der Waals surface area contributed by atoms with E-state index in [1.54, 1.807) is 0 Å². The van der Waals surface area contributed by atoms with E-state index < -0.39 is 0 Å². The van der Waals surface area contributed by atoms with Crippen LogP contribution in [0, 0.1) is 0 Å². The predicted octanol–water partition coefficient (Wildman–Crippen LogP) is 3.56. The molecular weight excluding hydrogens is 374 g/mol. The summed E-state index contributed by atoms with van der Waals surface area (Å²) in [7, 11) is 0. The lowest BCUT2D eigenvalue weighted by Crippen LogP contribution is -2.39. The fourth-order valence-electron chi connectivity index (χ4n) is 4.70. The Bertz CT molecular complexity index is 1040. The summed E-state index contributed by atoms with van der Waals surface area (Å²) in [6.07, 6.45) is 3.75. The quantitative estimate of drug-likeness (QED) is 0.687. The molecule has 1 unspecified atom stereocenters. The largest absolute Gasteiger partial charge is 0.392 e. The van der Waals surface area contributed by atoms with Gasteiger partial charge in [-0.25, -0.2) is 0 Å². The van der Waals surface area contributed by atoms with E-state index >= 15 is 0 Å². The van der Waals surface area contributed by atoms with Crippen molar-refractivity contribution in [2.24, 2.45) is 0 Å². The molecule has 5 rings (SSSR count). The molecule has 1 saturated heterocycles. The summed E-state index contributed by atoms with van der Waals surface area (Å²) in [5, 5.41) is 12.8. The van der Waals surface area contributed by atoms with Gasteiger partial charge in [0.1, 0.15) is 5.69 Å². The standard InChI is InChI=1S/C25H27N3O2/c29-21-11-13-27(17-21)12-10-20-15-26-25(30)24-14-19(16-28(20)24)23-9-5-4-8-22(23)18-6-2-1-3-7-18/h1-9,14,16,20-21,29H,10-13,15,17H2,(H,26,30)/t20?,21-/m0/s1. The molecule has 0 radical (unpaired) electrons. The zero-order valence-corrected chi connectivity index (χ0v) is 17.0. The van der Waals surface area contributed by atoms with Gasteiger partial charge in [-0.15, -0.1) is 0 Å². The second kappa shape index (κ2) is 8.09. The SMILES string of the molecule is O=C1NCC(CCN2CC[C@H](O)C2)n2cc(-c3ccccc3-c3ccccc3)cc21. The van der Waals surface area contributed by atoms with Crippen LogP contribution in [0.1, 0.15) is 29.4 Å². The van der Waals surface area contributed by atoms with E-state index in [1.165, 1.54) is 11.1 Å². The van der Waals surface area contributed by atoms with E-state index in [0.29, 0.717) is 6.54 Å². The Hall–Kier alpha value is -2.89. The van der Waals surface area contributed by atoms with Crippen LogP contribution in [0.15, 0.2) is 66.9 Å². The third-order valence-electron chi connectivity index (χ3n) is 6.32. The maximum absolute atomic E-state index is 12.6. The van der Waals surface area contributed by atoms with Crippen molar-refractivity contribution in [2.75, 3.05) is 26.2 Å². The molecular formula is C25H27N3O2. The summed E-state index contributed by atoms with van der Waals surface area (Å²) in [5.41, 5.74) is 5.28. The van der Waals surface area contributed by atoms with Gasteiger partial charge in [-0.05, 0) is 35.6 Å². The molecule has 1 fully saturated rings. The van der Waals surface area contributed by atoms with E-state index in [2.05, 4.69) is 69.5 Å². The lowest BCUT2D eigenvalue weighted by Gasteiger charge is -2.28. The summed E-state index contributed by atoms with van der Waals surface area (Å²) in [6.45, 7) is 3.30. The second-order valence-electron chi connectivity index (χ2n) is 8.33. The number of likely N-dealkylation sites (tertiary alicyclic amines) is 1. The number of benzene rings is 2. The van der Waals surface area contributed by atoms with Gasteiger partial charge in [-0.3, -0.25) is 4.79 Å². The lowest BCUT2D eigenvalue weighted by molar-refractivity contribution is 0.0910. The second-order valence-corrected chi connectivity index (χ2v) is 8.33. The number of aliphatic hydroxyl groups excluding tert-OH is 1. The third-order valence-corrected chi connectivity index (χ3v) is 6.32. The highest BCUT2D eigenvalue weighted by Crippen LogP contribution is 2.35. The molecule has 2 atom stereocenters. The van der Waals surface area contributed by atoms with Crippen LogP contribution in [-0.4, -0.2) is 52.8 Å². The highest BCUT2D eigenvalue weighted by atomic mass is 16.3. The summed E-state index contributed by atoms with van der Waals surface area (Å²) < 4.78 is 2.16. The van der Waals surface area contributed by atoms with E-state index in [1.807, 2.05) is 12.1 Å². The molecule has 0 spiro atoms. The summed E-state index contributed by atoms with van der Waals surface area (Å²) in [5.74, 6) is -0.00807. The highest BCUT2D eigenvalue weighted by molar-refractivity contribution is 5.96. The maximum atomic E-state index is 12.6. The Morgan fingerprint density at radius 2 is 1.73 bits per heavy atom. The first-order valence-electron chi connectivity index (χ1n) is 10.7. The van der Waals surface area contributed by atoms with E-state index in [4.69, 9.17) is 0 Å². The normalized spacial score (nSPS) is 21.4. The van der Waals surface area contributed by atoms with Gasteiger partial charge >= 0.3 is 0 Å². The van der Waals surface area contributed by atoms with Crippen LogP contribution in [0.5, 0.6) is 0 Å². The number of aromatic nitrogens is 1. The van der Waals surface area contributed by atoms with Crippen molar-refractivity contribution in [3.63, 3.8) is 0 Å². The highest BCUT2D eigenvalue weighted by Gasteiger charge is 2.28. The molecule has 2 aliphatic rings. The van der Waals surface area contributed by atoms with Gasteiger partial charge in [-0.1, -0.05) is 54.6 Å². The Morgan fingerprint density at radius 3 is 2.47 bits per heavy atom. The van der Waals surface area contributed by atoms with Gasteiger partial charge in [0.2, 0.25) is 0 Å². The number of hydrogen-bond acceptors (Lipinski definition) is 3. The average molecular weight is 402 g/mol. The molecule has 2 aliphatic heterocycles. The van der Waals surface area contributed by atoms with Gasteiger partial charge in [0.15, 0.2) is 0 Å². The smallest absolute Gasteiger partial charge is 0.268 e. The summed E-state index contributed by atoms with van der Waals surface area (Å²) >= 11 is 0. The Labute approximate surface area is 177 Å². The van der Waals surface area contributed by atoms with Crippen LogP contribution in [-0.2, 0) is 0 Å². The van der Waals surface area contributed by atoms with Crippen molar-refractivity contribution < 1.29 is 9.90 Å². The van der Waals surface area contributed by atoms with Gasteiger partial charge in [0, 0.05) is 37.9 Å². The Balaban J connectivity index is 1.45. The first kappa shape index (κ1) is 19.1. The molecule has 1 amide bonds. The average Bonchev–Trinajstić information content (AvgIpc) is 3.41. The topological polar surface area (TPSA) is 57.5 Å². The van der Waals surface area contributed by atoms with E-state index in [0.717, 1.165) is 49.3 Å². The van der Waals surface area contributed by atoms with Crippen molar-refractivity contribution in [1.82, 2.24) is 14.8 Å². The molecule has 0 aliphatic carbocycles. The zero-order valence-electron chi connectivity index (χ0n) is 17.0. The minimum Gasteiger partial charge on any atom is -0.392 e. The van der Waals surface area contributed by atoms with E-state index in [-0.39, 0.29) is 18.1 Å². The van der Waals surface area contributed by atoms with Crippen molar-refractivity contribution >= 4 is 5.91 Å². The van der Waals surface area contributed by atoms with Crippen LogP contribution in [0.25, 0.3) is 22.3 Å². The van der Waals surface area contributed by atoms with Gasteiger partial charge in [-0.2, -0.15) is 0 Å². The van der Waals surface area contributed by atoms with Crippen LogP contribution >= 0.6 is 0 Å². The lowest BCUT2D eigenvalue weighted by atomic mass is 9.96. The number of β-amino-alcohol motifs (C(OH)–C–C–N with tert-alkyl or cyclic N) is 1. The molecule has 0 saturated carbocycles. The van der Waals surface area contributed by atoms with Gasteiger partial charge in [0.05, 0.1) is 12.1 Å². The van der Waals surface area contributed by atoms with Crippen molar-refractivity contribution in [3.8, 4) is 22.3 Å². The van der Waals surface area contributed by atoms with Crippen molar-refractivity contribution in [3.05, 3.63) is 72.6 Å². The molecule has 0 bridgehead atoms. The number of nitrogens with zero attached hydrogens (tertiary/aromatic N) is 2. The van der Waals surface area contributed by atoms with E-state index in [9.17, 15) is 9.90 Å². The number of nitrogens with one attached hydrogen (secondary N) is 1. The summed E-state index contributed by atoms with van der Waals surface area (Å²) in [4.78, 5) is 14.9. The monoisotopic (exact) mass is 401 g/mol. The fourth-order valence-corrected chi connectivity index (χ4v) is 4.70. The minimum atomic E-state index is -0.195. The number of carbonyl (C=O) groups excluding carboxylic acids is 1. The third kappa shape index (κ3) is 3.66. The van der Waals surface area contributed by atoms with Crippen LogP contribution < -0.4 is 5.32 Å². The first-order chi connectivity index (χ1) is 14.7. The summed E-state index contributed by atoms with van der Waals surface area (Å²) in [6, 6.07) is 21.0. The van der Waals surface area contributed by atoms with Crippen molar-refractivity contribution in [2.45, 2.75) is 25.0 Å². The molecule has 30 heavy (non-hydrogen) atoms. The van der Waals surface area contributed by atoms with Gasteiger partial charge in [0.25, 0.3) is 5.91 Å². The number of aliphatic hydroxyl groups is 1. The first-order valence-corrected chi connectivity index (χ1v) is 10.7. The number of rotatable bonds is 5. The molecule has 3 aromatic rings. The molecule has 5 nitrogen and oxygen atoms in total. The molecule has 5 heteroatoms. The zero-order chi connectivity index (χ0) is 20.5. The number of carbonyl (C=O) groups is 1. The van der Waals surface area contributed by atoms with Crippen LogP contribution in [0.2, 0.25) is 0 Å². The Morgan fingerprint density at radius 1 is 1.00 bits per heavy atom. The van der Waals surface area contributed by atoms with Crippen molar-refractivity contribution in [1.29, 1.82) is 0 Å². The van der Waals surface area contributed by atoms with Crippen LogP contribution in [0.4, 0.5) is 0 Å². The van der Waals surface area contributed by atoms with Gasteiger partial charge < -0.3 is 19.9 Å². The molecule has 3 heterocycles. The minimum absolute atomic E-state index is 0.00807. The number of amides is 1. The molecule has 2 aromatic carbocycles. The number of fused-ring (bicyclic) bond motifs is 1. The molecule has 1 aromatic heterocycles. The number of hydrogen-bond donors (Lipinski definition) is 2. The maximum Gasteiger partial charge on any atom is 0.268 e. The van der Waals surface area contributed by atoms with Crippen LogP contribution in [0.3, 0.4) is 0 Å². The Kier molecular flexibility index (Phi) is 5.15. The predicted molar refractivity (Wildman–Crippen MR) is 118 cm³/mol.